The number of amides is 1. The van der Waals surface area contributed by atoms with E-state index in [1.54, 1.807) is 12.1 Å². The van der Waals surface area contributed by atoms with Crippen molar-refractivity contribution in [3.8, 4) is 0 Å². The highest BCUT2D eigenvalue weighted by molar-refractivity contribution is 9.10. The molecule has 0 aliphatic rings. The summed E-state index contributed by atoms with van der Waals surface area (Å²) in [6.45, 7) is 2.06. The largest absolute Gasteiger partial charge is 0.453 e. The smallest absolute Gasteiger partial charge is 0.238 e. The normalized spacial score (nSPS) is 10.9. The van der Waals surface area contributed by atoms with E-state index in [0.29, 0.717) is 29.2 Å². The third-order valence-electron chi connectivity index (χ3n) is 3.33. The number of carbonyl (C=O) groups is 2. The fourth-order valence-corrected chi connectivity index (χ4v) is 3.57. The lowest BCUT2D eigenvalue weighted by Gasteiger charge is -1.98. The molecular formula is C17H14BrNO3S. The molecule has 0 atom stereocenters. The van der Waals surface area contributed by atoms with Gasteiger partial charge in [0.1, 0.15) is 5.58 Å². The van der Waals surface area contributed by atoms with Crippen LogP contribution in [0.1, 0.15) is 27.2 Å². The van der Waals surface area contributed by atoms with Crippen LogP contribution in [-0.2, 0) is 11.2 Å². The summed E-state index contributed by atoms with van der Waals surface area (Å²) in [6.07, 6.45) is 0.713. The van der Waals surface area contributed by atoms with Crippen LogP contribution in [0, 0.1) is 0 Å². The first-order valence-electron chi connectivity index (χ1n) is 7.10. The molecular weight excluding hydrogens is 378 g/mol. The highest BCUT2D eigenvalue weighted by Crippen LogP contribution is 2.27. The molecule has 0 aliphatic carbocycles. The van der Waals surface area contributed by atoms with Crippen molar-refractivity contribution in [1.82, 2.24) is 5.32 Å². The maximum Gasteiger partial charge on any atom is 0.238 e. The predicted octanol–water partition coefficient (Wildman–Crippen LogP) is 4.17. The number of halogens is 1. The topological polar surface area (TPSA) is 59.3 Å². The molecule has 3 rings (SSSR count). The minimum atomic E-state index is -0.118. The number of ketones is 1. The summed E-state index contributed by atoms with van der Waals surface area (Å²) in [5.41, 5.74) is 0.694. The summed E-state index contributed by atoms with van der Waals surface area (Å²) in [5, 5.41) is 3.64. The predicted molar refractivity (Wildman–Crippen MR) is 94.1 cm³/mol. The lowest BCUT2D eigenvalue weighted by Crippen LogP contribution is -2.22. The molecule has 0 saturated heterocycles. The molecule has 0 aliphatic heterocycles. The Morgan fingerprint density at radius 2 is 2.04 bits per heavy atom. The number of furan rings is 1. The Morgan fingerprint density at radius 3 is 2.83 bits per heavy atom. The summed E-state index contributed by atoms with van der Waals surface area (Å²) >= 11 is 4.84. The number of nitrogens with one attached hydrogen (secondary N) is 1. The molecule has 1 aromatic carbocycles. The van der Waals surface area contributed by atoms with Crippen LogP contribution >= 0.6 is 27.3 Å². The Labute approximate surface area is 145 Å². The first kappa shape index (κ1) is 16.0. The summed E-state index contributed by atoms with van der Waals surface area (Å²) in [7, 11) is 0. The number of carbonyl (C=O) groups excluding carboxylic acids is 2. The molecule has 1 amide bonds. The molecule has 6 heteroatoms. The Balaban J connectivity index is 1.76. The standard InChI is InChI=1S/C17H14BrNO3S/c1-10(20)19-7-6-13-3-5-16(23-13)17(21)15-9-11-8-12(18)2-4-14(11)22-15/h2-5,8-9H,6-7H2,1H3,(H,19,20). The van der Waals surface area contributed by atoms with Crippen LogP contribution < -0.4 is 5.32 Å². The minimum Gasteiger partial charge on any atom is -0.453 e. The Kier molecular flexibility index (Phi) is 4.63. The first-order chi connectivity index (χ1) is 11.0. The van der Waals surface area contributed by atoms with Gasteiger partial charge in [0.05, 0.1) is 4.88 Å². The van der Waals surface area contributed by atoms with E-state index >= 15 is 0 Å². The lowest BCUT2D eigenvalue weighted by molar-refractivity contribution is -0.118. The van der Waals surface area contributed by atoms with Crippen molar-refractivity contribution in [3.05, 3.63) is 56.4 Å². The van der Waals surface area contributed by atoms with Gasteiger partial charge in [-0.1, -0.05) is 15.9 Å². The third-order valence-corrected chi connectivity index (χ3v) is 4.97. The SMILES string of the molecule is CC(=O)NCCc1ccc(C(=O)c2cc3cc(Br)ccc3o2)s1. The van der Waals surface area contributed by atoms with Gasteiger partial charge in [-0.2, -0.15) is 0 Å². The Bertz CT molecular complexity index is 881. The zero-order valence-corrected chi connectivity index (χ0v) is 14.8. The van der Waals surface area contributed by atoms with Crippen molar-refractivity contribution in [2.75, 3.05) is 6.54 Å². The van der Waals surface area contributed by atoms with Crippen LogP contribution in [0.15, 0.2) is 45.3 Å². The van der Waals surface area contributed by atoms with Crippen LogP contribution in [0.3, 0.4) is 0 Å². The second-order valence-electron chi connectivity index (χ2n) is 5.12. The van der Waals surface area contributed by atoms with Gasteiger partial charge in [0.25, 0.3) is 0 Å². The van der Waals surface area contributed by atoms with Crippen LogP contribution in [-0.4, -0.2) is 18.2 Å². The maximum absolute atomic E-state index is 12.5. The van der Waals surface area contributed by atoms with Gasteiger partial charge >= 0.3 is 0 Å². The van der Waals surface area contributed by atoms with Crippen molar-refractivity contribution in [3.63, 3.8) is 0 Å². The first-order valence-corrected chi connectivity index (χ1v) is 8.71. The fourth-order valence-electron chi connectivity index (χ4n) is 2.24. The zero-order valence-electron chi connectivity index (χ0n) is 12.4. The zero-order chi connectivity index (χ0) is 16.4. The monoisotopic (exact) mass is 391 g/mol. The molecule has 23 heavy (non-hydrogen) atoms. The lowest BCUT2D eigenvalue weighted by atomic mass is 10.2. The molecule has 0 fully saturated rings. The number of thiophene rings is 1. The van der Waals surface area contributed by atoms with E-state index in [9.17, 15) is 9.59 Å². The Morgan fingerprint density at radius 1 is 1.22 bits per heavy atom. The van der Waals surface area contributed by atoms with Crippen molar-refractivity contribution in [2.24, 2.45) is 0 Å². The van der Waals surface area contributed by atoms with Gasteiger partial charge in [-0.05, 0) is 42.8 Å². The average Bonchev–Trinajstić information content (AvgIpc) is 3.12. The molecule has 0 unspecified atom stereocenters. The van der Waals surface area contributed by atoms with E-state index in [4.69, 9.17) is 4.42 Å². The number of rotatable bonds is 5. The van der Waals surface area contributed by atoms with E-state index in [-0.39, 0.29) is 11.7 Å². The van der Waals surface area contributed by atoms with Crippen LogP contribution in [0.25, 0.3) is 11.0 Å². The van der Waals surface area contributed by atoms with E-state index in [1.807, 2.05) is 24.3 Å². The van der Waals surface area contributed by atoms with E-state index in [1.165, 1.54) is 18.3 Å². The average molecular weight is 392 g/mol. The van der Waals surface area contributed by atoms with Gasteiger partial charge < -0.3 is 9.73 Å². The van der Waals surface area contributed by atoms with Gasteiger partial charge in [-0.15, -0.1) is 11.3 Å². The third kappa shape index (κ3) is 3.71. The fraction of sp³-hybridized carbons (Fsp3) is 0.176. The van der Waals surface area contributed by atoms with Gasteiger partial charge in [0, 0.05) is 28.2 Å². The second-order valence-corrected chi connectivity index (χ2v) is 7.20. The minimum absolute atomic E-state index is 0.0497. The summed E-state index contributed by atoms with van der Waals surface area (Å²) in [5.74, 6) is 0.174. The van der Waals surface area contributed by atoms with Crippen molar-refractivity contribution < 1.29 is 14.0 Å². The Hall–Kier alpha value is -1.92. The molecule has 0 spiro atoms. The van der Waals surface area contributed by atoms with Crippen molar-refractivity contribution in [2.45, 2.75) is 13.3 Å². The molecule has 0 saturated carbocycles. The quantitative estimate of drug-likeness (QED) is 0.664. The van der Waals surface area contributed by atoms with Crippen LogP contribution in [0.2, 0.25) is 0 Å². The second kappa shape index (κ2) is 6.68. The van der Waals surface area contributed by atoms with Crippen LogP contribution in [0.4, 0.5) is 0 Å². The van der Waals surface area contributed by atoms with Gasteiger partial charge in [0.2, 0.25) is 11.7 Å². The molecule has 0 radical (unpaired) electrons. The van der Waals surface area contributed by atoms with Gasteiger partial charge in [-0.25, -0.2) is 0 Å². The van der Waals surface area contributed by atoms with Crippen molar-refractivity contribution in [1.29, 1.82) is 0 Å². The molecule has 4 nitrogen and oxygen atoms in total. The number of fused-ring (bicyclic) bond motifs is 1. The maximum atomic E-state index is 12.5. The summed E-state index contributed by atoms with van der Waals surface area (Å²) < 4.78 is 6.59. The highest BCUT2D eigenvalue weighted by atomic mass is 79.9. The van der Waals surface area contributed by atoms with Gasteiger partial charge in [-0.3, -0.25) is 9.59 Å². The summed E-state index contributed by atoms with van der Waals surface area (Å²) in [6, 6.07) is 11.1. The van der Waals surface area contributed by atoms with E-state index < -0.39 is 0 Å². The van der Waals surface area contributed by atoms with Gasteiger partial charge in [0.15, 0.2) is 5.76 Å². The van der Waals surface area contributed by atoms with Crippen molar-refractivity contribution >= 4 is 49.9 Å². The molecule has 0 bridgehead atoms. The molecule has 2 aromatic heterocycles. The molecule has 1 N–H and O–H groups in total. The highest BCUT2D eigenvalue weighted by Gasteiger charge is 2.17. The van der Waals surface area contributed by atoms with Crippen LogP contribution in [0.5, 0.6) is 0 Å². The molecule has 2 heterocycles. The number of hydrogen-bond acceptors (Lipinski definition) is 4. The number of hydrogen-bond donors (Lipinski definition) is 1. The number of benzene rings is 1. The van der Waals surface area contributed by atoms with E-state index in [0.717, 1.165) is 14.7 Å². The molecule has 118 valence electrons. The summed E-state index contributed by atoms with van der Waals surface area (Å²) in [4.78, 5) is 25.1. The van der Waals surface area contributed by atoms with E-state index in [2.05, 4.69) is 21.2 Å². The molecule has 3 aromatic rings.